The fourth-order valence-corrected chi connectivity index (χ4v) is 3.52. The Labute approximate surface area is 164 Å². The Kier molecular flexibility index (Phi) is 6.14. The van der Waals surface area contributed by atoms with Crippen LogP contribution >= 0.6 is 11.6 Å². The molecule has 142 valence electrons. The third-order valence-electron chi connectivity index (χ3n) is 4.84. The van der Waals surface area contributed by atoms with Gasteiger partial charge in [-0.15, -0.1) is 0 Å². The lowest BCUT2D eigenvalue weighted by Gasteiger charge is -2.38. The molecule has 0 spiro atoms. The van der Waals surface area contributed by atoms with Crippen molar-refractivity contribution in [1.82, 2.24) is 9.80 Å². The molecule has 3 rings (SSSR count). The van der Waals surface area contributed by atoms with Crippen molar-refractivity contribution >= 4 is 23.5 Å². The van der Waals surface area contributed by atoms with E-state index in [0.29, 0.717) is 36.8 Å². The Morgan fingerprint density at radius 1 is 1.04 bits per heavy atom. The van der Waals surface area contributed by atoms with Crippen LogP contribution in [0.15, 0.2) is 48.5 Å². The zero-order valence-corrected chi connectivity index (χ0v) is 16.3. The number of aryl methyl sites for hydroxylation is 1. The van der Waals surface area contributed by atoms with E-state index in [1.54, 1.807) is 12.1 Å². The first-order valence-electron chi connectivity index (χ1n) is 8.93. The summed E-state index contributed by atoms with van der Waals surface area (Å²) in [5, 5.41) is 0.621. The number of benzene rings is 2. The van der Waals surface area contributed by atoms with Crippen LogP contribution < -0.4 is 0 Å². The van der Waals surface area contributed by atoms with E-state index in [-0.39, 0.29) is 11.9 Å². The number of nitrogens with zero attached hydrogens (tertiary/aromatic N) is 2. The molecule has 0 bridgehead atoms. The van der Waals surface area contributed by atoms with Crippen molar-refractivity contribution in [2.75, 3.05) is 33.3 Å². The Morgan fingerprint density at radius 3 is 2.30 bits per heavy atom. The maximum absolute atomic E-state index is 12.7. The molecule has 0 N–H and O–H groups in total. The van der Waals surface area contributed by atoms with Crippen LogP contribution in [0.4, 0.5) is 0 Å². The number of rotatable bonds is 4. The molecule has 1 atom stereocenters. The maximum Gasteiger partial charge on any atom is 0.327 e. The van der Waals surface area contributed by atoms with Gasteiger partial charge >= 0.3 is 5.97 Å². The minimum atomic E-state index is -0.497. The third-order valence-corrected chi connectivity index (χ3v) is 5.09. The standard InChI is InChI=1S/C21H23ClN2O3/c1-15-4-3-5-17(14-15)20(25)24-12-10-23(11-13-24)19(21(26)27-2)16-6-8-18(22)9-7-16/h3-9,14,19H,10-13H2,1-2H3. The Morgan fingerprint density at radius 2 is 1.70 bits per heavy atom. The number of piperazine rings is 1. The van der Waals surface area contributed by atoms with E-state index in [9.17, 15) is 9.59 Å². The van der Waals surface area contributed by atoms with Crippen molar-refractivity contribution in [2.45, 2.75) is 13.0 Å². The number of hydrogen-bond donors (Lipinski definition) is 0. The highest BCUT2D eigenvalue weighted by atomic mass is 35.5. The summed E-state index contributed by atoms with van der Waals surface area (Å²) in [4.78, 5) is 29.0. The number of halogens is 1. The number of ether oxygens (including phenoxy) is 1. The monoisotopic (exact) mass is 386 g/mol. The molecule has 0 saturated carbocycles. The second kappa shape index (κ2) is 8.55. The highest BCUT2D eigenvalue weighted by molar-refractivity contribution is 6.30. The highest BCUT2D eigenvalue weighted by Crippen LogP contribution is 2.25. The molecule has 1 aliphatic rings. The molecule has 1 aliphatic heterocycles. The van der Waals surface area contributed by atoms with Crippen molar-refractivity contribution in [2.24, 2.45) is 0 Å². The van der Waals surface area contributed by atoms with Crippen LogP contribution in [0.3, 0.4) is 0 Å². The fraction of sp³-hybridized carbons (Fsp3) is 0.333. The molecule has 2 aromatic carbocycles. The lowest BCUT2D eigenvalue weighted by molar-refractivity contribution is -0.148. The van der Waals surface area contributed by atoms with Gasteiger partial charge in [0.15, 0.2) is 0 Å². The minimum absolute atomic E-state index is 0.0273. The largest absolute Gasteiger partial charge is 0.468 e. The van der Waals surface area contributed by atoms with Crippen LogP contribution in [0, 0.1) is 6.92 Å². The first kappa shape index (κ1) is 19.4. The molecule has 1 unspecified atom stereocenters. The van der Waals surface area contributed by atoms with Gasteiger partial charge in [-0.3, -0.25) is 9.69 Å². The number of hydrogen-bond acceptors (Lipinski definition) is 4. The van der Waals surface area contributed by atoms with Gasteiger partial charge in [-0.1, -0.05) is 41.4 Å². The van der Waals surface area contributed by atoms with Crippen molar-refractivity contribution in [3.8, 4) is 0 Å². The first-order valence-corrected chi connectivity index (χ1v) is 9.30. The van der Waals surface area contributed by atoms with Crippen molar-refractivity contribution in [3.63, 3.8) is 0 Å². The summed E-state index contributed by atoms with van der Waals surface area (Å²) in [7, 11) is 1.39. The summed E-state index contributed by atoms with van der Waals surface area (Å²) in [6, 6.07) is 14.3. The molecule has 6 heteroatoms. The molecule has 1 amide bonds. The Bertz CT molecular complexity index is 814. The molecule has 0 radical (unpaired) electrons. The van der Waals surface area contributed by atoms with Gasteiger partial charge in [0.2, 0.25) is 0 Å². The Hall–Kier alpha value is -2.37. The van der Waals surface area contributed by atoms with Crippen molar-refractivity contribution in [1.29, 1.82) is 0 Å². The Balaban J connectivity index is 1.71. The van der Waals surface area contributed by atoms with Gasteiger partial charge in [-0.25, -0.2) is 4.79 Å². The lowest BCUT2D eigenvalue weighted by Crippen LogP contribution is -2.51. The van der Waals surface area contributed by atoms with Gasteiger partial charge in [-0.2, -0.15) is 0 Å². The van der Waals surface area contributed by atoms with E-state index in [1.807, 2.05) is 48.2 Å². The highest BCUT2D eigenvalue weighted by Gasteiger charge is 2.32. The van der Waals surface area contributed by atoms with Crippen LogP contribution in [0.5, 0.6) is 0 Å². The topological polar surface area (TPSA) is 49.9 Å². The number of carbonyl (C=O) groups excluding carboxylic acids is 2. The van der Waals surface area contributed by atoms with Crippen molar-refractivity contribution < 1.29 is 14.3 Å². The first-order chi connectivity index (χ1) is 13.0. The zero-order valence-electron chi connectivity index (χ0n) is 15.5. The van der Waals surface area contributed by atoms with Crippen LogP contribution in [0.2, 0.25) is 5.02 Å². The molecule has 2 aromatic rings. The van der Waals surface area contributed by atoms with Gasteiger partial charge in [0.1, 0.15) is 6.04 Å². The second-order valence-corrected chi connectivity index (χ2v) is 7.11. The minimum Gasteiger partial charge on any atom is -0.468 e. The summed E-state index contributed by atoms with van der Waals surface area (Å²) in [5.74, 6) is -0.282. The van der Waals surface area contributed by atoms with E-state index in [4.69, 9.17) is 16.3 Å². The molecule has 1 heterocycles. The lowest BCUT2D eigenvalue weighted by atomic mass is 10.0. The van der Waals surface area contributed by atoms with Gasteiger partial charge < -0.3 is 9.64 Å². The van der Waals surface area contributed by atoms with E-state index >= 15 is 0 Å². The quantitative estimate of drug-likeness (QED) is 0.756. The maximum atomic E-state index is 12.7. The predicted molar refractivity (Wildman–Crippen MR) is 105 cm³/mol. The fourth-order valence-electron chi connectivity index (χ4n) is 3.40. The number of carbonyl (C=O) groups is 2. The molecule has 0 aliphatic carbocycles. The summed E-state index contributed by atoms with van der Waals surface area (Å²) in [6.45, 7) is 4.30. The van der Waals surface area contributed by atoms with Gasteiger partial charge in [0.05, 0.1) is 7.11 Å². The summed E-state index contributed by atoms with van der Waals surface area (Å²) in [5.41, 5.74) is 2.60. The van der Waals surface area contributed by atoms with Gasteiger partial charge in [0.25, 0.3) is 5.91 Å². The third kappa shape index (κ3) is 4.49. The summed E-state index contributed by atoms with van der Waals surface area (Å²) in [6.07, 6.45) is 0. The molecule has 0 aromatic heterocycles. The van der Waals surface area contributed by atoms with Crippen LogP contribution in [-0.2, 0) is 9.53 Å². The second-order valence-electron chi connectivity index (χ2n) is 6.67. The van der Waals surface area contributed by atoms with Gasteiger partial charge in [-0.05, 0) is 36.8 Å². The molecule has 5 nitrogen and oxygen atoms in total. The predicted octanol–water partition coefficient (Wildman–Crippen LogP) is 3.32. The zero-order chi connectivity index (χ0) is 19.4. The van der Waals surface area contributed by atoms with E-state index < -0.39 is 6.04 Å². The summed E-state index contributed by atoms with van der Waals surface area (Å²) >= 11 is 5.96. The van der Waals surface area contributed by atoms with Crippen molar-refractivity contribution in [3.05, 3.63) is 70.2 Å². The van der Waals surface area contributed by atoms with Crippen LogP contribution in [-0.4, -0.2) is 55.0 Å². The molecule has 1 fully saturated rings. The van der Waals surface area contributed by atoms with E-state index in [1.165, 1.54) is 7.11 Å². The molecule has 27 heavy (non-hydrogen) atoms. The smallest absolute Gasteiger partial charge is 0.327 e. The molecular formula is C21H23ClN2O3. The SMILES string of the molecule is COC(=O)C(c1ccc(Cl)cc1)N1CCN(C(=O)c2cccc(C)c2)CC1. The molecule has 1 saturated heterocycles. The summed E-state index contributed by atoms with van der Waals surface area (Å²) < 4.78 is 5.01. The average molecular weight is 387 g/mol. The van der Waals surface area contributed by atoms with Crippen LogP contribution in [0.25, 0.3) is 0 Å². The van der Waals surface area contributed by atoms with E-state index in [2.05, 4.69) is 4.90 Å². The number of methoxy groups -OCH3 is 1. The normalized spacial score (nSPS) is 16.0. The van der Waals surface area contributed by atoms with Gasteiger partial charge in [0, 0.05) is 36.8 Å². The van der Waals surface area contributed by atoms with Crippen LogP contribution in [0.1, 0.15) is 27.5 Å². The molecular weight excluding hydrogens is 364 g/mol. The average Bonchev–Trinajstić information content (AvgIpc) is 2.69. The number of amides is 1. The van der Waals surface area contributed by atoms with E-state index in [0.717, 1.165) is 11.1 Å². The number of esters is 1.